The Kier molecular flexibility index (Phi) is 24.4. The maximum Gasteiger partial charge on any atom is 0.472 e. The number of hydrogen-bond donors (Lipinski definition) is 3. The normalized spacial score (nSPS) is 14.9. The van der Waals surface area contributed by atoms with E-state index >= 15 is 0 Å². The zero-order valence-electron chi connectivity index (χ0n) is 22.7. The van der Waals surface area contributed by atoms with Gasteiger partial charge in [0.2, 0.25) is 0 Å². The van der Waals surface area contributed by atoms with Crippen LogP contribution in [0.15, 0.2) is 0 Å². The van der Waals surface area contributed by atoms with Crippen molar-refractivity contribution in [3.05, 3.63) is 0 Å². The number of aliphatic hydroxyl groups excluding tert-OH is 2. The molecular formula is C26H53O9P. The zero-order chi connectivity index (χ0) is 26.9. The lowest BCUT2D eigenvalue weighted by Gasteiger charge is -2.20. The van der Waals surface area contributed by atoms with Gasteiger partial charge in [0.15, 0.2) is 0 Å². The highest BCUT2D eigenvalue weighted by molar-refractivity contribution is 7.47. The minimum absolute atomic E-state index is 0.0541. The zero-order valence-corrected chi connectivity index (χ0v) is 23.6. The van der Waals surface area contributed by atoms with E-state index in [-0.39, 0.29) is 19.6 Å². The van der Waals surface area contributed by atoms with Crippen LogP contribution in [0.1, 0.15) is 117 Å². The number of hydrogen-bond acceptors (Lipinski definition) is 8. The van der Waals surface area contributed by atoms with Crippen molar-refractivity contribution in [2.75, 3.05) is 33.0 Å². The topological polar surface area (TPSA) is 132 Å². The van der Waals surface area contributed by atoms with Crippen LogP contribution in [0.4, 0.5) is 0 Å². The molecule has 0 aliphatic carbocycles. The molecule has 0 aromatic carbocycles. The van der Waals surface area contributed by atoms with Crippen molar-refractivity contribution >= 4 is 13.8 Å². The van der Waals surface area contributed by atoms with Crippen LogP contribution in [0.2, 0.25) is 0 Å². The van der Waals surface area contributed by atoms with E-state index in [1.54, 1.807) is 0 Å². The van der Waals surface area contributed by atoms with Crippen molar-refractivity contribution in [2.45, 2.75) is 129 Å². The van der Waals surface area contributed by atoms with Gasteiger partial charge in [0.1, 0.15) is 12.2 Å². The summed E-state index contributed by atoms with van der Waals surface area (Å²) in [6.07, 6.45) is 15.2. The predicted molar refractivity (Wildman–Crippen MR) is 141 cm³/mol. The number of phosphoric ester groups is 1. The fourth-order valence-corrected chi connectivity index (χ4v) is 4.38. The van der Waals surface area contributed by atoms with Crippen molar-refractivity contribution in [1.82, 2.24) is 0 Å². The van der Waals surface area contributed by atoms with Gasteiger partial charge in [0.05, 0.1) is 26.4 Å². The summed E-state index contributed by atoms with van der Waals surface area (Å²) in [6, 6.07) is 0. The summed E-state index contributed by atoms with van der Waals surface area (Å²) in [5, 5.41) is 18.1. The molecule has 0 bridgehead atoms. The van der Waals surface area contributed by atoms with E-state index in [4.69, 9.17) is 19.1 Å². The minimum Gasteiger partial charge on any atom is -0.457 e. The van der Waals surface area contributed by atoms with Gasteiger partial charge in [0.25, 0.3) is 0 Å². The summed E-state index contributed by atoms with van der Waals surface area (Å²) >= 11 is 0. The standard InChI is InChI=1S/C26H53O9P/c1-3-5-7-9-11-13-15-17-19-32-22-25(23-34-36(30,31)33-21-24(28)20-27)35-26(29)18-16-14-12-10-8-6-4-2/h24-25,27-28H,3-23H2,1-2H3,(H,30,31). The molecule has 0 fully saturated rings. The molecule has 3 N–H and O–H groups in total. The average molecular weight is 541 g/mol. The first kappa shape index (κ1) is 35.5. The largest absolute Gasteiger partial charge is 0.472 e. The Morgan fingerprint density at radius 3 is 1.81 bits per heavy atom. The lowest BCUT2D eigenvalue weighted by atomic mass is 10.1. The SMILES string of the molecule is CCCCCCCCCCOCC(COP(=O)(O)OCC(O)CO)OC(=O)CCCCCCCCC. The molecule has 0 spiro atoms. The highest BCUT2D eigenvalue weighted by Gasteiger charge is 2.26. The molecule has 216 valence electrons. The molecule has 0 heterocycles. The van der Waals surface area contributed by atoms with Crippen LogP contribution in [0.5, 0.6) is 0 Å². The first-order chi connectivity index (χ1) is 17.3. The van der Waals surface area contributed by atoms with Gasteiger partial charge in [-0.25, -0.2) is 4.57 Å². The predicted octanol–water partition coefficient (Wildman–Crippen LogP) is 5.68. The molecule has 0 radical (unpaired) electrons. The molecule has 0 aromatic rings. The van der Waals surface area contributed by atoms with Gasteiger partial charge < -0.3 is 24.6 Å². The van der Waals surface area contributed by atoms with Gasteiger partial charge >= 0.3 is 13.8 Å². The van der Waals surface area contributed by atoms with E-state index in [9.17, 15) is 19.4 Å². The second-order valence-electron chi connectivity index (χ2n) is 9.43. The molecule has 0 aromatic heterocycles. The first-order valence-corrected chi connectivity index (χ1v) is 15.5. The Balaban J connectivity index is 4.36. The molecule has 0 aliphatic heterocycles. The second-order valence-corrected chi connectivity index (χ2v) is 10.9. The van der Waals surface area contributed by atoms with Crippen molar-refractivity contribution in [3.8, 4) is 0 Å². The van der Waals surface area contributed by atoms with Crippen LogP contribution in [0.25, 0.3) is 0 Å². The summed E-state index contributed by atoms with van der Waals surface area (Å²) < 4.78 is 32.7. The van der Waals surface area contributed by atoms with Gasteiger partial charge in [-0.05, 0) is 12.8 Å². The minimum atomic E-state index is -4.48. The third kappa shape index (κ3) is 23.8. The summed E-state index contributed by atoms with van der Waals surface area (Å²) in [6.45, 7) is 3.41. The number of carbonyl (C=O) groups excluding carboxylic acids is 1. The summed E-state index contributed by atoms with van der Waals surface area (Å²) in [5.41, 5.74) is 0. The van der Waals surface area contributed by atoms with E-state index in [0.717, 1.165) is 38.5 Å². The highest BCUT2D eigenvalue weighted by atomic mass is 31.2. The van der Waals surface area contributed by atoms with Crippen LogP contribution in [-0.4, -0.2) is 66.3 Å². The number of esters is 1. The summed E-state index contributed by atoms with van der Waals surface area (Å²) in [4.78, 5) is 22.1. The van der Waals surface area contributed by atoms with Crippen LogP contribution in [0.3, 0.4) is 0 Å². The number of phosphoric acid groups is 1. The smallest absolute Gasteiger partial charge is 0.457 e. The molecule has 0 saturated carbocycles. The number of aliphatic hydroxyl groups is 2. The first-order valence-electron chi connectivity index (χ1n) is 14.0. The Hall–Kier alpha value is -0.540. The van der Waals surface area contributed by atoms with Crippen LogP contribution in [0, 0.1) is 0 Å². The van der Waals surface area contributed by atoms with E-state index < -0.39 is 39.2 Å². The third-order valence-electron chi connectivity index (χ3n) is 5.79. The Morgan fingerprint density at radius 2 is 1.25 bits per heavy atom. The van der Waals surface area contributed by atoms with Crippen LogP contribution in [-0.2, 0) is 27.9 Å². The summed E-state index contributed by atoms with van der Waals surface area (Å²) in [7, 11) is -4.48. The second kappa shape index (κ2) is 24.8. The van der Waals surface area contributed by atoms with E-state index in [0.29, 0.717) is 6.61 Å². The maximum absolute atomic E-state index is 12.3. The highest BCUT2D eigenvalue weighted by Crippen LogP contribution is 2.43. The molecule has 3 atom stereocenters. The molecule has 0 rings (SSSR count). The molecule has 9 nitrogen and oxygen atoms in total. The van der Waals surface area contributed by atoms with Gasteiger partial charge in [-0.2, -0.15) is 0 Å². The van der Waals surface area contributed by atoms with E-state index in [1.165, 1.54) is 57.8 Å². The molecule has 0 aliphatic rings. The monoisotopic (exact) mass is 540 g/mol. The quantitative estimate of drug-likeness (QED) is 0.0683. The van der Waals surface area contributed by atoms with Gasteiger partial charge in [-0.3, -0.25) is 13.8 Å². The fourth-order valence-electron chi connectivity index (χ4n) is 3.59. The van der Waals surface area contributed by atoms with Crippen LogP contribution >= 0.6 is 7.82 Å². The Bertz CT molecular complexity index is 548. The number of rotatable bonds is 27. The van der Waals surface area contributed by atoms with Crippen LogP contribution < -0.4 is 0 Å². The molecule has 3 unspecified atom stereocenters. The summed E-state index contributed by atoms with van der Waals surface area (Å²) in [5.74, 6) is -0.391. The molecule has 36 heavy (non-hydrogen) atoms. The van der Waals surface area contributed by atoms with Crippen molar-refractivity contribution in [2.24, 2.45) is 0 Å². The number of unbranched alkanes of at least 4 members (excludes halogenated alkanes) is 13. The maximum atomic E-state index is 12.3. The van der Waals surface area contributed by atoms with Gasteiger partial charge in [0, 0.05) is 13.0 Å². The average Bonchev–Trinajstić information content (AvgIpc) is 2.86. The fraction of sp³-hybridized carbons (Fsp3) is 0.962. The third-order valence-corrected chi connectivity index (χ3v) is 6.74. The molecule has 10 heteroatoms. The lowest BCUT2D eigenvalue weighted by Crippen LogP contribution is -2.29. The Morgan fingerprint density at radius 1 is 0.750 bits per heavy atom. The molecule has 0 saturated heterocycles. The molecule has 0 amide bonds. The van der Waals surface area contributed by atoms with Crippen molar-refractivity contribution in [1.29, 1.82) is 0 Å². The number of carbonyl (C=O) groups is 1. The van der Waals surface area contributed by atoms with E-state index in [2.05, 4.69) is 18.4 Å². The lowest BCUT2D eigenvalue weighted by molar-refractivity contribution is -0.154. The van der Waals surface area contributed by atoms with E-state index in [1.807, 2.05) is 0 Å². The number of ether oxygens (including phenoxy) is 2. The van der Waals surface area contributed by atoms with Gasteiger partial charge in [-0.15, -0.1) is 0 Å². The van der Waals surface area contributed by atoms with Crippen molar-refractivity contribution in [3.63, 3.8) is 0 Å². The van der Waals surface area contributed by atoms with Gasteiger partial charge in [-0.1, -0.05) is 97.3 Å². The Labute approximate surface area is 218 Å². The molecular weight excluding hydrogens is 487 g/mol. The van der Waals surface area contributed by atoms with Crippen molar-refractivity contribution < 1.29 is 43.0 Å².